The Kier molecular flexibility index (Phi) is 6.00. The summed E-state index contributed by atoms with van der Waals surface area (Å²) < 4.78 is 5.16. The average Bonchev–Trinajstić information content (AvgIpc) is 2.59. The maximum absolute atomic E-state index is 11.1. The number of aliphatic hydroxyl groups is 1. The van der Waals surface area contributed by atoms with Gasteiger partial charge in [0.2, 0.25) is 5.91 Å². The van der Waals surface area contributed by atoms with Crippen LogP contribution in [0.5, 0.6) is 5.75 Å². The summed E-state index contributed by atoms with van der Waals surface area (Å²) in [7, 11) is 1.61. The van der Waals surface area contributed by atoms with E-state index in [-0.39, 0.29) is 12.3 Å². The normalized spacial score (nSPS) is 11.7. The van der Waals surface area contributed by atoms with E-state index >= 15 is 0 Å². The molecule has 0 spiro atoms. The van der Waals surface area contributed by atoms with Crippen LogP contribution in [0.4, 0.5) is 5.69 Å². The molecule has 0 aliphatic rings. The van der Waals surface area contributed by atoms with Crippen LogP contribution in [0.25, 0.3) is 0 Å². The number of carbonyl (C=O) groups is 1. The Labute approximate surface area is 136 Å². The lowest BCUT2D eigenvalue weighted by Gasteiger charge is -2.27. The molecule has 0 unspecified atom stereocenters. The molecule has 3 N–H and O–H groups in total. The molecule has 2 aromatic carbocycles. The number of primary amides is 1. The SMILES string of the molecule is COc1ccc(N(CCC(N)=O)C[C@@H](O)c2ccccc2)cc1. The zero-order valence-corrected chi connectivity index (χ0v) is 13.2. The highest BCUT2D eigenvalue weighted by Crippen LogP contribution is 2.22. The number of hydrogen-bond acceptors (Lipinski definition) is 4. The fourth-order valence-corrected chi connectivity index (χ4v) is 2.35. The lowest BCUT2D eigenvalue weighted by molar-refractivity contribution is -0.117. The first-order valence-electron chi connectivity index (χ1n) is 7.50. The number of anilines is 1. The molecule has 0 saturated heterocycles. The van der Waals surface area contributed by atoms with E-state index in [0.29, 0.717) is 13.1 Å². The van der Waals surface area contributed by atoms with Crippen molar-refractivity contribution in [2.75, 3.05) is 25.1 Å². The average molecular weight is 314 g/mol. The van der Waals surface area contributed by atoms with Gasteiger partial charge < -0.3 is 20.5 Å². The summed E-state index contributed by atoms with van der Waals surface area (Å²) in [5, 5.41) is 10.4. The quantitative estimate of drug-likeness (QED) is 0.782. The van der Waals surface area contributed by atoms with Gasteiger partial charge >= 0.3 is 0 Å². The summed E-state index contributed by atoms with van der Waals surface area (Å²) in [6, 6.07) is 16.9. The number of hydrogen-bond donors (Lipinski definition) is 2. The van der Waals surface area contributed by atoms with Gasteiger partial charge in [-0.1, -0.05) is 30.3 Å². The minimum Gasteiger partial charge on any atom is -0.497 e. The smallest absolute Gasteiger partial charge is 0.219 e. The van der Waals surface area contributed by atoms with Gasteiger partial charge in [0, 0.05) is 25.2 Å². The van der Waals surface area contributed by atoms with Gasteiger partial charge in [-0.15, -0.1) is 0 Å². The van der Waals surface area contributed by atoms with Crippen molar-refractivity contribution in [1.82, 2.24) is 0 Å². The molecule has 0 fully saturated rings. The van der Waals surface area contributed by atoms with Crippen LogP contribution >= 0.6 is 0 Å². The molecule has 1 atom stereocenters. The number of aliphatic hydroxyl groups excluding tert-OH is 1. The first-order chi connectivity index (χ1) is 11.1. The molecule has 2 aromatic rings. The lowest BCUT2D eigenvalue weighted by atomic mass is 10.1. The third-order valence-electron chi connectivity index (χ3n) is 3.64. The van der Waals surface area contributed by atoms with Gasteiger partial charge in [-0.2, -0.15) is 0 Å². The third-order valence-corrected chi connectivity index (χ3v) is 3.64. The third kappa shape index (κ3) is 5.00. The van der Waals surface area contributed by atoms with Crippen LogP contribution in [0.2, 0.25) is 0 Å². The topological polar surface area (TPSA) is 75.8 Å². The number of carbonyl (C=O) groups excluding carboxylic acids is 1. The highest BCUT2D eigenvalue weighted by Gasteiger charge is 2.15. The zero-order valence-electron chi connectivity index (χ0n) is 13.2. The van der Waals surface area contributed by atoms with Crippen molar-refractivity contribution in [1.29, 1.82) is 0 Å². The van der Waals surface area contributed by atoms with Gasteiger partial charge in [0.05, 0.1) is 13.2 Å². The van der Waals surface area contributed by atoms with Crippen LogP contribution in [-0.4, -0.2) is 31.2 Å². The molecular formula is C18H22N2O3. The number of ether oxygens (including phenoxy) is 1. The van der Waals surface area contributed by atoms with E-state index < -0.39 is 6.10 Å². The van der Waals surface area contributed by atoms with Crippen molar-refractivity contribution in [2.45, 2.75) is 12.5 Å². The molecule has 0 aliphatic heterocycles. The van der Waals surface area contributed by atoms with E-state index in [2.05, 4.69) is 0 Å². The molecular weight excluding hydrogens is 292 g/mol. The molecule has 5 heteroatoms. The molecule has 122 valence electrons. The summed E-state index contributed by atoms with van der Waals surface area (Å²) in [6.45, 7) is 0.829. The summed E-state index contributed by atoms with van der Waals surface area (Å²) in [4.78, 5) is 13.1. The molecule has 2 rings (SSSR count). The van der Waals surface area contributed by atoms with Gasteiger partial charge in [-0.25, -0.2) is 0 Å². The molecule has 0 heterocycles. The van der Waals surface area contributed by atoms with E-state index in [0.717, 1.165) is 17.0 Å². The van der Waals surface area contributed by atoms with Crippen LogP contribution in [-0.2, 0) is 4.79 Å². The Balaban J connectivity index is 2.14. The molecule has 5 nitrogen and oxygen atoms in total. The number of nitrogens with zero attached hydrogens (tertiary/aromatic N) is 1. The molecule has 1 amide bonds. The minimum absolute atomic E-state index is 0.230. The second-order valence-electron chi connectivity index (χ2n) is 5.29. The fourth-order valence-electron chi connectivity index (χ4n) is 2.35. The number of nitrogens with two attached hydrogens (primary N) is 1. The maximum Gasteiger partial charge on any atom is 0.219 e. The largest absolute Gasteiger partial charge is 0.497 e. The van der Waals surface area contributed by atoms with Gasteiger partial charge in [0.25, 0.3) is 0 Å². The number of methoxy groups -OCH3 is 1. The Morgan fingerprint density at radius 1 is 1.17 bits per heavy atom. The number of rotatable bonds is 8. The number of benzene rings is 2. The minimum atomic E-state index is -0.647. The molecule has 0 saturated carbocycles. The highest BCUT2D eigenvalue weighted by molar-refractivity contribution is 5.74. The van der Waals surface area contributed by atoms with Gasteiger partial charge in [-0.05, 0) is 29.8 Å². The summed E-state index contributed by atoms with van der Waals surface area (Å²) in [6.07, 6.45) is -0.417. The summed E-state index contributed by atoms with van der Waals surface area (Å²) in [5.74, 6) is 0.393. The first kappa shape index (κ1) is 16.8. The zero-order chi connectivity index (χ0) is 16.7. The Morgan fingerprint density at radius 2 is 1.83 bits per heavy atom. The Morgan fingerprint density at radius 3 is 2.39 bits per heavy atom. The van der Waals surface area contributed by atoms with E-state index in [4.69, 9.17) is 10.5 Å². The van der Waals surface area contributed by atoms with E-state index in [9.17, 15) is 9.90 Å². The van der Waals surface area contributed by atoms with E-state index in [1.807, 2.05) is 59.5 Å². The molecule has 0 radical (unpaired) electrons. The summed E-state index contributed by atoms with van der Waals surface area (Å²) >= 11 is 0. The standard InChI is InChI=1S/C18H22N2O3/c1-23-16-9-7-15(8-10-16)20(12-11-18(19)22)13-17(21)14-5-3-2-4-6-14/h2-10,17,21H,11-13H2,1H3,(H2,19,22)/t17-/m1/s1. The van der Waals surface area contributed by atoms with Crippen molar-refractivity contribution in [3.8, 4) is 5.75 Å². The van der Waals surface area contributed by atoms with Crippen LogP contribution in [0.15, 0.2) is 54.6 Å². The van der Waals surface area contributed by atoms with Crippen LogP contribution in [0.3, 0.4) is 0 Å². The van der Waals surface area contributed by atoms with Crippen LogP contribution < -0.4 is 15.4 Å². The summed E-state index contributed by atoms with van der Waals surface area (Å²) in [5.41, 5.74) is 7.00. The second-order valence-corrected chi connectivity index (χ2v) is 5.29. The predicted octanol–water partition coefficient (Wildman–Crippen LogP) is 2.11. The lowest BCUT2D eigenvalue weighted by Crippen LogP contribution is -2.32. The van der Waals surface area contributed by atoms with Crippen LogP contribution in [0, 0.1) is 0 Å². The predicted molar refractivity (Wildman–Crippen MR) is 90.4 cm³/mol. The fraction of sp³-hybridized carbons (Fsp3) is 0.278. The Bertz CT molecular complexity index is 614. The van der Waals surface area contributed by atoms with Crippen molar-refractivity contribution < 1.29 is 14.6 Å². The monoisotopic (exact) mass is 314 g/mol. The Hall–Kier alpha value is -2.53. The molecule has 0 aromatic heterocycles. The van der Waals surface area contributed by atoms with Gasteiger partial charge in [0.1, 0.15) is 5.75 Å². The molecule has 0 aliphatic carbocycles. The van der Waals surface area contributed by atoms with Crippen molar-refractivity contribution in [3.05, 3.63) is 60.2 Å². The van der Waals surface area contributed by atoms with Gasteiger partial charge in [0.15, 0.2) is 0 Å². The van der Waals surface area contributed by atoms with E-state index in [1.165, 1.54) is 0 Å². The van der Waals surface area contributed by atoms with Crippen LogP contribution in [0.1, 0.15) is 18.1 Å². The highest BCUT2D eigenvalue weighted by atomic mass is 16.5. The van der Waals surface area contributed by atoms with Gasteiger partial charge in [-0.3, -0.25) is 4.79 Å². The van der Waals surface area contributed by atoms with Crippen molar-refractivity contribution in [2.24, 2.45) is 5.73 Å². The van der Waals surface area contributed by atoms with Crippen molar-refractivity contribution >= 4 is 11.6 Å². The second kappa shape index (κ2) is 8.19. The van der Waals surface area contributed by atoms with E-state index in [1.54, 1.807) is 7.11 Å². The molecule has 0 bridgehead atoms. The maximum atomic E-state index is 11.1. The first-order valence-corrected chi connectivity index (χ1v) is 7.50. The number of amides is 1. The molecule has 23 heavy (non-hydrogen) atoms. The van der Waals surface area contributed by atoms with Crippen molar-refractivity contribution in [3.63, 3.8) is 0 Å².